The maximum atomic E-state index is 14.6. The number of carbonyl (C=O) groups is 1. The van der Waals surface area contributed by atoms with Crippen molar-refractivity contribution in [3.05, 3.63) is 63.9 Å². The van der Waals surface area contributed by atoms with Gasteiger partial charge in [-0.25, -0.2) is 4.39 Å². The number of amides is 1. The number of para-hydroxylation sites is 1. The van der Waals surface area contributed by atoms with E-state index in [9.17, 15) is 9.18 Å². The van der Waals surface area contributed by atoms with Crippen LogP contribution in [0.5, 0.6) is 0 Å². The zero-order valence-corrected chi connectivity index (χ0v) is 15.1. The van der Waals surface area contributed by atoms with Crippen LogP contribution in [0, 0.1) is 5.82 Å². The molecule has 1 fully saturated rings. The number of ether oxygens (including phenoxy) is 1. The fraction of sp³-hybridized carbons (Fsp3) is 0.316. The molecule has 1 N–H and O–H groups in total. The molecular weight excluding hydrogens is 387 g/mol. The minimum Gasteiger partial charge on any atom is -0.376 e. The third kappa shape index (κ3) is 3.16. The lowest BCUT2D eigenvalue weighted by atomic mass is 10.0. The lowest BCUT2D eigenvalue weighted by Crippen LogP contribution is -2.46. The number of carbonyl (C=O) groups excluding carboxylic acids is 1. The van der Waals surface area contributed by atoms with E-state index in [2.05, 4.69) is 21.2 Å². The van der Waals surface area contributed by atoms with Gasteiger partial charge in [0.2, 0.25) is 0 Å². The summed E-state index contributed by atoms with van der Waals surface area (Å²) in [5.41, 5.74) is 1.78. The molecule has 0 radical (unpaired) electrons. The number of benzene rings is 2. The fourth-order valence-electron chi connectivity index (χ4n) is 3.46. The standard InChI is InChI=1S/C19H18BrFN2O2/c20-12-7-8-14(16(21)10-12)18-22-17-6-2-1-5-15(17)19(24)23(18)11-13-4-3-9-25-13/h1-2,5-8,10,13,18,22H,3-4,9,11H2/t13-,18-/m0/s1. The van der Waals surface area contributed by atoms with Gasteiger partial charge < -0.3 is 15.0 Å². The van der Waals surface area contributed by atoms with Gasteiger partial charge in [-0.1, -0.05) is 34.1 Å². The van der Waals surface area contributed by atoms with Gasteiger partial charge >= 0.3 is 0 Å². The van der Waals surface area contributed by atoms with Crippen LogP contribution in [0.2, 0.25) is 0 Å². The highest BCUT2D eigenvalue weighted by atomic mass is 79.9. The van der Waals surface area contributed by atoms with Gasteiger partial charge in [-0.2, -0.15) is 0 Å². The Hall–Kier alpha value is -1.92. The normalized spacial score (nSPS) is 22.6. The van der Waals surface area contributed by atoms with Crippen LogP contribution in [0.4, 0.5) is 10.1 Å². The van der Waals surface area contributed by atoms with Crippen LogP contribution in [-0.2, 0) is 4.74 Å². The van der Waals surface area contributed by atoms with Crippen molar-refractivity contribution in [2.45, 2.75) is 25.1 Å². The molecular formula is C19H18BrFN2O2. The molecule has 2 aliphatic rings. The Labute approximate surface area is 154 Å². The van der Waals surface area contributed by atoms with E-state index in [0.717, 1.165) is 18.5 Å². The molecule has 4 nitrogen and oxygen atoms in total. The van der Waals surface area contributed by atoms with Gasteiger partial charge in [-0.3, -0.25) is 4.79 Å². The molecule has 0 aliphatic carbocycles. The summed E-state index contributed by atoms with van der Waals surface area (Å²) in [5, 5.41) is 3.32. The minimum atomic E-state index is -0.556. The van der Waals surface area contributed by atoms with Crippen molar-refractivity contribution in [3.63, 3.8) is 0 Å². The maximum Gasteiger partial charge on any atom is 0.257 e. The molecule has 2 heterocycles. The van der Waals surface area contributed by atoms with Crippen LogP contribution in [0.15, 0.2) is 46.9 Å². The number of anilines is 1. The molecule has 2 aliphatic heterocycles. The first-order chi connectivity index (χ1) is 12.1. The molecule has 2 aromatic carbocycles. The smallest absolute Gasteiger partial charge is 0.257 e. The predicted molar refractivity (Wildman–Crippen MR) is 96.9 cm³/mol. The summed E-state index contributed by atoms with van der Waals surface area (Å²) < 4.78 is 21.0. The van der Waals surface area contributed by atoms with Crippen LogP contribution in [-0.4, -0.2) is 30.1 Å². The average molecular weight is 405 g/mol. The zero-order chi connectivity index (χ0) is 17.4. The highest BCUT2D eigenvalue weighted by Crippen LogP contribution is 2.35. The summed E-state index contributed by atoms with van der Waals surface area (Å²) in [4.78, 5) is 14.8. The SMILES string of the molecule is O=C1c2ccccc2N[C@H](c2ccc(Br)cc2F)N1C[C@@H]1CCCO1. The van der Waals surface area contributed by atoms with E-state index in [-0.39, 0.29) is 17.8 Å². The van der Waals surface area contributed by atoms with Gasteiger partial charge in [0.05, 0.1) is 11.7 Å². The molecule has 1 saturated heterocycles. The molecule has 0 saturated carbocycles. The minimum absolute atomic E-state index is 0.00276. The van der Waals surface area contributed by atoms with Crippen molar-refractivity contribution in [3.8, 4) is 0 Å². The molecule has 4 rings (SSSR count). The van der Waals surface area contributed by atoms with Gasteiger partial charge in [0, 0.05) is 28.9 Å². The average Bonchev–Trinajstić information content (AvgIpc) is 3.11. The highest BCUT2D eigenvalue weighted by Gasteiger charge is 2.36. The van der Waals surface area contributed by atoms with Gasteiger partial charge in [0.25, 0.3) is 5.91 Å². The number of nitrogens with zero attached hydrogens (tertiary/aromatic N) is 1. The van der Waals surface area contributed by atoms with Crippen LogP contribution < -0.4 is 5.32 Å². The molecule has 0 bridgehead atoms. The molecule has 0 aromatic heterocycles. The molecule has 2 atom stereocenters. The summed E-state index contributed by atoms with van der Waals surface area (Å²) in [5.74, 6) is -0.450. The molecule has 130 valence electrons. The first-order valence-corrected chi connectivity index (χ1v) is 9.16. The highest BCUT2D eigenvalue weighted by molar-refractivity contribution is 9.10. The predicted octanol–water partition coefficient (Wildman–Crippen LogP) is 4.33. The Morgan fingerprint density at radius 1 is 1.28 bits per heavy atom. The van der Waals surface area contributed by atoms with Gasteiger partial charge in [-0.05, 0) is 37.1 Å². The lowest BCUT2D eigenvalue weighted by Gasteiger charge is -2.39. The van der Waals surface area contributed by atoms with E-state index in [1.54, 1.807) is 23.1 Å². The van der Waals surface area contributed by atoms with Gasteiger partial charge in [0.15, 0.2) is 0 Å². The van der Waals surface area contributed by atoms with Crippen molar-refractivity contribution in [2.75, 3.05) is 18.5 Å². The van der Waals surface area contributed by atoms with Crippen LogP contribution in [0.1, 0.15) is 34.9 Å². The Bertz CT molecular complexity index is 808. The van der Waals surface area contributed by atoms with E-state index in [1.807, 2.05) is 18.2 Å². The Kier molecular flexibility index (Phi) is 4.48. The van der Waals surface area contributed by atoms with Gasteiger partial charge in [-0.15, -0.1) is 0 Å². The molecule has 0 unspecified atom stereocenters. The first kappa shape index (κ1) is 16.5. The van der Waals surface area contributed by atoms with Crippen LogP contribution in [0.3, 0.4) is 0 Å². The lowest BCUT2D eigenvalue weighted by molar-refractivity contribution is 0.0423. The molecule has 1 amide bonds. The number of hydrogen-bond acceptors (Lipinski definition) is 3. The van der Waals surface area contributed by atoms with Crippen molar-refractivity contribution in [1.29, 1.82) is 0 Å². The van der Waals surface area contributed by atoms with Crippen LogP contribution in [0.25, 0.3) is 0 Å². The van der Waals surface area contributed by atoms with E-state index >= 15 is 0 Å². The van der Waals surface area contributed by atoms with Crippen molar-refractivity contribution in [1.82, 2.24) is 4.90 Å². The van der Waals surface area contributed by atoms with E-state index in [1.165, 1.54) is 6.07 Å². The molecule has 2 aromatic rings. The monoisotopic (exact) mass is 404 g/mol. The third-order valence-electron chi connectivity index (χ3n) is 4.70. The number of hydrogen-bond donors (Lipinski definition) is 1. The number of halogens is 2. The maximum absolute atomic E-state index is 14.6. The Balaban J connectivity index is 1.74. The number of fused-ring (bicyclic) bond motifs is 1. The van der Waals surface area contributed by atoms with E-state index in [4.69, 9.17) is 4.74 Å². The second-order valence-corrected chi connectivity index (χ2v) is 7.27. The van der Waals surface area contributed by atoms with Gasteiger partial charge in [0.1, 0.15) is 12.0 Å². The Morgan fingerprint density at radius 2 is 2.12 bits per heavy atom. The number of rotatable bonds is 3. The van der Waals surface area contributed by atoms with E-state index in [0.29, 0.717) is 28.8 Å². The fourth-order valence-corrected chi connectivity index (χ4v) is 3.79. The summed E-state index contributed by atoms with van der Waals surface area (Å²) in [6.45, 7) is 1.16. The Morgan fingerprint density at radius 3 is 2.88 bits per heavy atom. The molecule has 25 heavy (non-hydrogen) atoms. The second kappa shape index (κ2) is 6.77. The summed E-state index contributed by atoms with van der Waals surface area (Å²) in [6.07, 6.45) is 1.35. The van der Waals surface area contributed by atoms with E-state index < -0.39 is 6.17 Å². The second-order valence-electron chi connectivity index (χ2n) is 6.35. The summed E-state index contributed by atoms with van der Waals surface area (Å²) >= 11 is 3.28. The third-order valence-corrected chi connectivity index (χ3v) is 5.20. The van der Waals surface area contributed by atoms with Crippen molar-refractivity contribution in [2.24, 2.45) is 0 Å². The first-order valence-electron chi connectivity index (χ1n) is 8.36. The summed E-state index contributed by atoms with van der Waals surface area (Å²) in [6, 6.07) is 12.3. The molecule has 0 spiro atoms. The number of nitrogens with one attached hydrogen (secondary N) is 1. The van der Waals surface area contributed by atoms with Crippen molar-refractivity contribution < 1.29 is 13.9 Å². The zero-order valence-electron chi connectivity index (χ0n) is 13.5. The van der Waals surface area contributed by atoms with Crippen LogP contribution >= 0.6 is 15.9 Å². The quantitative estimate of drug-likeness (QED) is 0.827. The largest absolute Gasteiger partial charge is 0.376 e. The topological polar surface area (TPSA) is 41.6 Å². The summed E-state index contributed by atoms with van der Waals surface area (Å²) in [7, 11) is 0. The molecule has 6 heteroatoms. The van der Waals surface area contributed by atoms with Crippen molar-refractivity contribution >= 4 is 27.5 Å².